The smallest absolute Gasteiger partial charge is 0.245 e. The summed E-state index contributed by atoms with van der Waals surface area (Å²) in [4.78, 5) is 11.0. The van der Waals surface area contributed by atoms with Gasteiger partial charge in [-0.05, 0) is 17.2 Å². The van der Waals surface area contributed by atoms with E-state index in [1.165, 1.54) is 0 Å². The van der Waals surface area contributed by atoms with Crippen LogP contribution < -0.4 is 5.32 Å². The van der Waals surface area contributed by atoms with Crippen molar-refractivity contribution >= 4 is 21.8 Å². The summed E-state index contributed by atoms with van der Waals surface area (Å²) in [6, 6.07) is 5.90. The van der Waals surface area contributed by atoms with Crippen molar-refractivity contribution in [1.82, 2.24) is 5.32 Å². The Balaban J connectivity index is 2.48. The highest BCUT2D eigenvalue weighted by atomic mass is 79.9. The summed E-state index contributed by atoms with van der Waals surface area (Å²) in [5, 5.41) is 3.86. The molecule has 0 aliphatic carbocycles. The fourth-order valence-electron chi connectivity index (χ4n) is 1.33. The molecule has 0 atom stereocenters. The van der Waals surface area contributed by atoms with Crippen LogP contribution in [0.3, 0.4) is 0 Å². The van der Waals surface area contributed by atoms with Crippen LogP contribution in [-0.4, -0.2) is 5.91 Å². The minimum atomic E-state index is -0.0133. The molecule has 1 aromatic rings. The van der Waals surface area contributed by atoms with Crippen LogP contribution >= 0.6 is 15.9 Å². The standard InChI is InChI=1S/C9H7BrNO/c10-8-3-1-2-6-4-9(12)11-5-7(6)8/h1-3H,4-5H2. The molecule has 1 radical (unpaired) electrons. The highest BCUT2D eigenvalue weighted by Crippen LogP contribution is 2.23. The predicted octanol–water partition coefficient (Wildman–Crippen LogP) is 1.64. The van der Waals surface area contributed by atoms with E-state index in [1.807, 2.05) is 18.2 Å². The van der Waals surface area contributed by atoms with Gasteiger partial charge in [-0.15, -0.1) is 0 Å². The van der Waals surface area contributed by atoms with Gasteiger partial charge in [0.1, 0.15) is 0 Å². The highest BCUT2D eigenvalue weighted by molar-refractivity contribution is 9.10. The first-order chi connectivity index (χ1) is 5.77. The lowest BCUT2D eigenvalue weighted by Gasteiger charge is -2.15. The number of benzene rings is 1. The lowest BCUT2D eigenvalue weighted by atomic mass is 10.0. The molecule has 1 aliphatic rings. The van der Waals surface area contributed by atoms with Crippen molar-refractivity contribution in [1.29, 1.82) is 0 Å². The van der Waals surface area contributed by atoms with E-state index in [0.717, 1.165) is 15.6 Å². The molecule has 2 rings (SSSR count). The van der Waals surface area contributed by atoms with E-state index < -0.39 is 0 Å². The highest BCUT2D eigenvalue weighted by Gasteiger charge is 2.17. The number of amides is 1. The van der Waals surface area contributed by atoms with Crippen LogP contribution in [0.4, 0.5) is 0 Å². The van der Waals surface area contributed by atoms with Crippen molar-refractivity contribution in [3.63, 3.8) is 0 Å². The second kappa shape index (κ2) is 2.90. The normalized spacial score (nSPS) is 15.2. The molecule has 0 bridgehead atoms. The fraction of sp³-hybridized carbons (Fsp3) is 0.222. The summed E-state index contributed by atoms with van der Waals surface area (Å²) < 4.78 is 1.05. The molecule has 1 aromatic carbocycles. The van der Waals surface area contributed by atoms with E-state index in [0.29, 0.717) is 13.0 Å². The number of hydrogen-bond acceptors (Lipinski definition) is 1. The molecular formula is C9H7BrNO. The summed E-state index contributed by atoms with van der Waals surface area (Å²) in [6.45, 7) is 0.523. The molecule has 2 nitrogen and oxygen atoms in total. The van der Waals surface area contributed by atoms with E-state index in [2.05, 4.69) is 21.2 Å². The molecule has 0 saturated heterocycles. The molecule has 3 heteroatoms. The van der Waals surface area contributed by atoms with Gasteiger partial charge >= 0.3 is 0 Å². The topological polar surface area (TPSA) is 31.2 Å². The second-order valence-electron chi connectivity index (χ2n) is 2.76. The van der Waals surface area contributed by atoms with Gasteiger partial charge in [-0.1, -0.05) is 28.1 Å². The van der Waals surface area contributed by atoms with E-state index in [-0.39, 0.29) is 5.91 Å². The minimum Gasteiger partial charge on any atom is -0.273 e. The molecule has 1 aliphatic heterocycles. The van der Waals surface area contributed by atoms with Gasteiger partial charge in [0.25, 0.3) is 0 Å². The molecule has 1 heterocycles. The summed E-state index contributed by atoms with van der Waals surface area (Å²) in [5.74, 6) is -0.0133. The average molecular weight is 225 g/mol. The molecule has 0 saturated carbocycles. The van der Waals surface area contributed by atoms with Crippen LogP contribution in [0.5, 0.6) is 0 Å². The number of carbonyl (C=O) groups is 1. The van der Waals surface area contributed by atoms with Gasteiger partial charge in [-0.25, -0.2) is 5.32 Å². The Hall–Kier alpha value is -0.830. The van der Waals surface area contributed by atoms with Gasteiger partial charge in [0, 0.05) is 4.47 Å². The van der Waals surface area contributed by atoms with Gasteiger partial charge in [0.15, 0.2) is 0 Å². The summed E-state index contributed by atoms with van der Waals surface area (Å²) in [6.07, 6.45) is 0.453. The van der Waals surface area contributed by atoms with Crippen LogP contribution in [0, 0.1) is 0 Å². The van der Waals surface area contributed by atoms with E-state index in [1.54, 1.807) is 0 Å². The van der Waals surface area contributed by atoms with Crippen molar-refractivity contribution in [2.45, 2.75) is 13.0 Å². The van der Waals surface area contributed by atoms with E-state index >= 15 is 0 Å². The Kier molecular flexibility index (Phi) is 1.89. The zero-order chi connectivity index (χ0) is 8.55. The van der Waals surface area contributed by atoms with Crippen molar-refractivity contribution < 1.29 is 4.79 Å². The Labute approximate surface area is 79.1 Å². The summed E-state index contributed by atoms with van der Waals surface area (Å²) in [5.41, 5.74) is 2.25. The van der Waals surface area contributed by atoms with Crippen molar-refractivity contribution in [2.75, 3.05) is 0 Å². The van der Waals surface area contributed by atoms with Crippen LogP contribution in [0.1, 0.15) is 11.1 Å². The maximum Gasteiger partial charge on any atom is 0.245 e. The van der Waals surface area contributed by atoms with Crippen LogP contribution in [0.15, 0.2) is 22.7 Å². The van der Waals surface area contributed by atoms with Gasteiger partial charge in [0.05, 0.1) is 13.0 Å². The van der Waals surface area contributed by atoms with Crippen molar-refractivity contribution in [3.05, 3.63) is 33.8 Å². The first-order valence-corrected chi connectivity index (χ1v) is 4.53. The Morgan fingerprint density at radius 1 is 1.42 bits per heavy atom. The first-order valence-electron chi connectivity index (χ1n) is 3.74. The molecule has 0 N–H and O–H groups in total. The maximum absolute atomic E-state index is 11.0. The van der Waals surface area contributed by atoms with Gasteiger partial charge in [-0.3, -0.25) is 4.79 Å². The third kappa shape index (κ3) is 1.25. The number of hydrogen-bond donors (Lipinski definition) is 0. The molecule has 0 aromatic heterocycles. The molecule has 12 heavy (non-hydrogen) atoms. The monoisotopic (exact) mass is 224 g/mol. The second-order valence-corrected chi connectivity index (χ2v) is 3.62. The minimum absolute atomic E-state index is 0.0133. The first kappa shape index (κ1) is 7.80. The van der Waals surface area contributed by atoms with Crippen LogP contribution in [0.25, 0.3) is 0 Å². The van der Waals surface area contributed by atoms with Crippen molar-refractivity contribution in [2.24, 2.45) is 0 Å². The molecule has 0 fully saturated rings. The third-order valence-corrected chi connectivity index (χ3v) is 2.71. The van der Waals surface area contributed by atoms with E-state index in [4.69, 9.17) is 0 Å². The number of nitrogens with zero attached hydrogens (tertiary/aromatic N) is 1. The lowest BCUT2D eigenvalue weighted by Crippen LogP contribution is -2.24. The fourth-order valence-corrected chi connectivity index (χ4v) is 1.86. The maximum atomic E-state index is 11.0. The van der Waals surface area contributed by atoms with Gasteiger partial charge in [-0.2, -0.15) is 0 Å². The number of rotatable bonds is 0. The number of carbonyl (C=O) groups excluding carboxylic acids is 1. The Morgan fingerprint density at radius 2 is 2.25 bits per heavy atom. The molecule has 1 amide bonds. The van der Waals surface area contributed by atoms with Crippen molar-refractivity contribution in [3.8, 4) is 0 Å². The summed E-state index contributed by atoms with van der Waals surface area (Å²) >= 11 is 3.43. The third-order valence-electron chi connectivity index (χ3n) is 1.97. The SMILES string of the molecule is O=C1Cc2cccc(Br)c2C[N]1. The zero-order valence-corrected chi connectivity index (χ0v) is 7.97. The average Bonchev–Trinajstić information content (AvgIpc) is 2.04. The molecule has 0 spiro atoms. The Morgan fingerprint density at radius 3 is 3.08 bits per heavy atom. The zero-order valence-electron chi connectivity index (χ0n) is 6.38. The molecule has 61 valence electrons. The largest absolute Gasteiger partial charge is 0.273 e. The molecular weight excluding hydrogens is 218 g/mol. The lowest BCUT2D eigenvalue weighted by molar-refractivity contribution is -0.121. The van der Waals surface area contributed by atoms with E-state index in [9.17, 15) is 4.79 Å². The van der Waals surface area contributed by atoms with Crippen LogP contribution in [-0.2, 0) is 17.8 Å². The number of fused-ring (bicyclic) bond motifs is 1. The Bertz CT molecular complexity index is 335. The van der Waals surface area contributed by atoms with Gasteiger partial charge in [0.2, 0.25) is 5.91 Å². The predicted molar refractivity (Wildman–Crippen MR) is 48.7 cm³/mol. The molecule has 0 unspecified atom stereocenters. The van der Waals surface area contributed by atoms with Crippen LogP contribution in [0.2, 0.25) is 0 Å². The quantitative estimate of drug-likeness (QED) is 0.660. The number of halogens is 1. The summed E-state index contributed by atoms with van der Waals surface area (Å²) in [7, 11) is 0. The van der Waals surface area contributed by atoms with Gasteiger partial charge < -0.3 is 0 Å².